The fraction of sp³-hybridized carbons (Fsp3) is 0. The Balaban J connectivity index is 1.11. The summed E-state index contributed by atoms with van der Waals surface area (Å²) in [6.07, 6.45) is 0. The van der Waals surface area contributed by atoms with E-state index in [1.54, 1.807) is 0 Å². The largest absolute Gasteiger partial charge is 0.456 e. The van der Waals surface area contributed by atoms with Crippen molar-refractivity contribution in [2.24, 2.45) is 0 Å². The Kier molecular flexibility index (Phi) is 6.86. The monoisotopic (exact) mass is 729 g/mol. The second-order valence-electron chi connectivity index (χ2n) is 14.5. The molecule has 4 heterocycles. The van der Waals surface area contributed by atoms with Gasteiger partial charge in [-0.2, -0.15) is 0 Å². The van der Waals surface area contributed by atoms with E-state index in [9.17, 15) is 0 Å². The number of hydrogen-bond acceptors (Lipinski definition) is 4. The molecule has 0 aliphatic heterocycles. The normalized spacial score (nSPS) is 11.9. The molecule has 8 aromatic carbocycles. The van der Waals surface area contributed by atoms with Crippen LogP contribution in [0.15, 0.2) is 197 Å². The van der Waals surface area contributed by atoms with Gasteiger partial charge in [-0.1, -0.05) is 133 Å². The van der Waals surface area contributed by atoms with Gasteiger partial charge in [0.2, 0.25) is 0 Å². The molecule has 0 fully saturated rings. The number of fused-ring (bicyclic) bond motifs is 9. The van der Waals surface area contributed by atoms with E-state index in [-0.39, 0.29) is 0 Å². The highest BCUT2D eigenvalue weighted by molar-refractivity contribution is 6.19. The van der Waals surface area contributed by atoms with E-state index < -0.39 is 0 Å². The lowest BCUT2D eigenvalue weighted by Crippen LogP contribution is -1.94. The first-order chi connectivity index (χ1) is 28.3. The van der Waals surface area contributed by atoms with Gasteiger partial charge in [0.05, 0.1) is 11.0 Å². The zero-order valence-corrected chi connectivity index (χ0v) is 30.6. The average Bonchev–Trinajstić information content (AvgIpc) is 3.96. The summed E-state index contributed by atoms with van der Waals surface area (Å²) in [7, 11) is 0. The van der Waals surface area contributed by atoms with Crippen molar-refractivity contribution in [2.45, 2.75) is 0 Å². The molecule has 0 N–H and O–H groups in total. The maximum absolute atomic E-state index is 6.72. The SMILES string of the molecule is c1ccc(-c2ccc3oc4c(-c5cccc6oc7ccc(-c8cccc9c8c8ccccc8n9-c8ccccc8)cc7c56)nc(-c5ccccc5)nc4c3c2)cc1. The van der Waals surface area contributed by atoms with E-state index in [0.29, 0.717) is 11.4 Å². The van der Waals surface area contributed by atoms with Crippen LogP contribution in [0.25, 0.3) is 116 Å². The van der Waals surface area contributed by atoms with Crippen LogP contribution in [0, 0.1) is 0 Å². The van der Waals surface area contributed by atoms with E-state index >= 15 is 0 Å². The number of para-hydroxylation sites is 2. The van der Waals surface area contributed by atoms with Gasteiger partial charge in [-0.25, -0.2) is 9.97 Å². The number of hydrogen-bond donors (Lipinski definition) is 0. The Hall–Kier alpha value is -7.76. The highest BCUT2D eigenvalue weighted by atomic mass is 16.3. The minimum atomic E-state index is 0.637. The number of rotatable bonds is 5. The second kappa shape index (κ2) is 12.4. The maximum Gasteiger partial charge on any atom is 0.180 e. The molecule has 12 rings (SSSR count). The molecule has 0 aliphatic rings. The molecule has 0 bridgehead atoms. The topological polar surface area (TPSA) is 57.0 Å². The minimum absolute atomic E-state index is 0.637. The molecule has 5 heteroatoms. The molecule has 0 saturated carbocycles. The average molecular weight is 730 g/mol. The van der Waals surface area contributed by atoms with Gasteiger partial charge in [-0.05, 0) is 76.9 Å². The lowest BCUT2D eigenvalue weighted by atomic mass is 9.96. The smallest absolute Gasteiger partial charge is 0.180 e. The van der Waals surface area contributed by atoms with E-state index in [4.69, 9.17) is 18.8 Å². The summed E-state index contributed by atoms with van der Waals surface area (Å²) >= 11 is 0. The molecule has 57 heavy (non-hydrogen) atoms. The van der Waals surface area contributed by atoms with Crippen LogP contribution < -0.4 is 0 Å². The van der Waals surface area contributed by atoms with Gasteiger partial charge >= 0.3 is 0 Å². The lowest BCUT2D eigenvalue weighted by Gasteiger charge is -2.09. The first-order valence-corrected chi connectivity index (χ1v) is 19.2. The van der Waals surface area contributed by atoms with E-state index in [1.165, 1.54) is 16.3 Å². The molecular weight excluding hydrogens is 699 g/mol. The van der Waals surface area contributed by atoms with Gasteiger partial charge in [0.25, 0.3) is 0 Å². The van der Waals surface area contributed by atoms with Crippen LogP contribution >= 0.6 is 0 Å². The van der Waals surface area contributed by atoms with E-state index in [1.807, 2.05) is 42.5 Å². The molecule has 4 aromatic heterocycles. The molecule has 0 spiro atoms. The van der Waals surface area contributed by atoms with Crippen molar-refractivity contribution in [3.05, 3.63) is 188 Å². The predicted molar refractivity (Wildman–Crippen MR) is 233 cm³/mol. The zero-order valence-electron chi connectivity index (χ0n) is 30.6. The summed E-state index contributed by atoms with van der Waals surface area (Å²) in [6.45, 7) is 0. The molecule has 5 nitrogen and oxygen atoms in total. The molecular formula is C52H31N3O2. The van der Waals surface area contributed by atoms with E-state index in [2.05, 4.69) is 150 Å². The van der Waals surface area contributed by atoms with Gasteiger partial charge < -0.3 is 13.4 Å². The van der Waals surface area contributed by atoms with Gasteiger partial charge in [-0.15, -0.1) is 0 Å². The molecule has 12 aromatic rings. The Morgan fingerprint density at radius 3 is 1.86 bits per heavy atom. The van der Waals surface area contributed by atoms with Crippen LogP contribution in [-0.4, -0.2) is 14.5 Å². The standard InChI is InChI=1S/C52H31N3O2/c1-4-14-32(15-5-1)34-26-28-45-41(30-34)50-51(57-45)49(53-52(54-50)33-16-6-2-7-17-33)39-22-13-25-46-48(39)40-31-35(27-29-44(40)56-46)37-21-12-24-43-47(37)38-20-10-11-23-42(38)55(43)36-18-8-3-9-19-36/h1-31H. The van der Waals surface area contributed by atoms with Crippen LogP contribution in [0.4, 0.5) is 0 Å². The fourth-order valence-corrected chi connectivity index (χ4v) is 8.66. The van der Waals surface area contributed by atoms with Gasteiger partial charge in [0.15, 0.2) is 11.4 Å². The van der Waals surface area contributed by atoms with Crippen molar-refractivity contribution in [1.82, 2.24) is 14.5 Å². The van der Waals surface area contributed by atoms with Crippen molar-refractivity contribution in [1.29, 1.82) is 0 Å². The summed E-state index contributed by atoms with van der Waals surface area (Å²) in [4.78, 5) is 10.5. The summed E-state index contributed by atoms with van der Waals surface area (Å²) in [6, 6.07) is 65.5. The van der Waals surface area contributed by atoms with Crippen LogP contribution in [0.5, 0.6) is 0 Å². The molecule has 0 unspecified atom stereocenters. The third-order valence-corrected chi connectivity index (χ3v) is 11.2. The third kappa shape index (κ3) is 4.89. The van der Waals surface area contributed by atoms with Crippen LogP contribution in [0.2, 0.25) is 0 Å². The molecule has 0 saturated heterocycles. The maximum atomic E-state index is 6.72. The van der Waals surface area contributed by atoms with Crippen molar-refractivity contribution < 1.29 is 8.83 Å². The molecule has 0 atom stereocenters. The quantitative estimate of drug-likeness (QED) is 0.177. The predicted octanol–water partition coefficient (Wildman–Crippen LogP) is 14.0. The summed E-state index contributed by atoms with van der Waals surface area (Å²) in [5.74, 6) is 0.637. The summed E-state index contributed by atoms with van der Waals surface area (Å²) in [5, 5.41) is 5.37. The molecule has 0 radical (unpaired) electrons. The third-order valence-electron chi connectivity index (χ3n) is 11.2. The van der Waals surface area contributed by atoms with Crippen molar-refractivity contribution in [2.75, 3.05) is 0 Å². The van der Waals surface area contributed by atoms with E-state index in [0.717, 1.165) is 88.7 Å². The number of benzene rings is 8. The van der Waals surface area contributed by atoms with Gasteiger partial charge in [0, 0.05) is 43.7 Å². The van der Waals surface area contributed by atoms with Gasteiger partial charge in [-0.3, -0.25) is 0 Å². The lowest BCUT2D eigenvalue weighted by molar-refractivity contribution is 0.667. The highest BCUT2D eigenvalue weighted by Gasteiger charge is 2.23. The molecule has 0 aliphatic carbocycles. The Labute approximate surface area is 326 Å². The zero-order chi connectivity index (χ0) is 37.5. The Bertz CT molecular complexity index is 3510. The Morgan fingerprint density at radius 1 is 0.386 bits per heavy atom. The van der Waals surface area contributed by atoms with Gasteiger partial charge in [0.1, 0.15) is 28.0 Å². The van der Waals surface area contributed by atoms with Crippen molar-refractivity contribution in [3.63, 3.8) is 0 Å². The highest BCUT2D eigenvalue weighted by Crippen LogP contribution is 2.44. The molecule has 0 amide bonds. The van der Waals surface area contributed by atoms with Crippen LogP contribution in [0.3, 0.4) is 0 Å². The van der Waals surface area contributed by atoms with Crippen LogP contribution in [-0.2, 0) is 0 Å². The number of nitrogens with zero attached hydrogens (tertiary/aromatic N) is 3. The number of aromatic nitrogens is 3. The first kappa shape index (κ1) is 31.6. The first-order valence-electron chi connectivity index (χ1n) is 19.2. The molecule has 266 valence electrons. The minimum Gasteiger partial charge on any atom is -0.456 e. The van der Waals surface area contributed by atoms with Crippen molar-refractivity contribution >= 4 is 65.8 Å². The summed E-state index contributed by atoms with van der Waals surface area (Å²) in [5.41, 5.74) is 14.3. The second-order valence-corrected chi connectivity index (χ2v) is 14.5. The Morgan fingerprint density at radius 2 is 1.04 bits per heavy atom. The number of furan rings is 2. The summed E-state index contributed by atoms with van der Waals surface area (Å²) < 4.78 is 15.7. The fourth-order valence-electron chi connectivity index (χ4n) is 8.66. The van der Waals surface area contributed by atoms with Crippen LogP contribution in [0.1, 0.15) is 0 Å². The van der Waals surface area contributed by atoms with Crippen molar-refractivity contribution in [3.8, 4) is 50.6 Å².